The van der Waals surface area contributed by atoms with Gasteiger partial charge in [0.15, 0.2) is 11.3 Å². The lowest BCUT2D eigenvalue weighted by atomic mass is 10.0. The van der Waals surface area contributed by atoms with Crippen molar-refractivity contribution >= 4 is 40.0 Å². The second-order valence-corrected chi connectivity index (χ2v) is 5.32. The summed E-state index contributed by atoms with van der Waals surface area (Å²) in [5, 5.41) is 1.86. The number of ketones is 1. The van der Waals surface area contributed by atoms with Crippen LogP contribution >= 0.6 is 23.2 Å². The predicted molar refractivity (Wildman–Crippen MR) is 80.8 cm³/mol. The van der Waals surface area contributed by atoms with Crippen molar-refractivity contribution in [2.24, 2.45) is 0 Å². The van der Waals surface area contributed by atoms with E-state index in [1.807, 2.05) is 19.1 Å². The molecule has 2 nitrogen and oxygen atoms in total. The average Bonchev–Trinajstić information content (AvgIpc) is 2.87. The maximum atomic E-state index is 12.5. The van der Waals surface area contributed by atoms with Crippen molar-refractivity contribution in [3.05, 3.63) is 69.4 Å². The minimum absolute atomic E-state index is 0.197. The van der Waals surface area contributed by atoms with Crippen molar-refractivity contribution in [1.82, 2.24) is 0 Å². The van der Waals surface area contributed by atoms with Gasteiger partial charge in [-0.15, -0.1) is 0 Å². The van der Waals surface area contributed by atoms with Gasteiger partial charge in [-0.25, -0.2) is 0 Å². The second kappa shape index (κ2) is 4.97. The Balaban J connectivity index is 2.13. The smallest absolute Gasteiger partial charge is 0.228 e. The summed E-state index contributed by atoms with van der Waals surface area (Å²) in [5.74, 6) is 0.0655. The number of carbonyl (C=O) groups is 1. The van der Waals surface area contributed by atoms with E-state index in [2.05, 4.69) is 0 Å². The van der Waals surface area contributed by atoms with E-state index in [0.717, 1.165) is 10.9 Å². The standard InChI is InChI=1S/C16H10Cl2O2/c1-9-11(5-3-6-12(9)17)15(19)14-8-10-4-2-7-13(18)16(10)20-14/h2-8H,1H3. The van der Waals surface area contributed by atoms with E-state index in [1.54, 1.807) is 30.3 Å². The predicted octanol–water partition coefficient (Wildman–Crippen LogP) is 5.28. The van der Waals surface area contributed by atoms with E-state index in [4.69, 9.17) is 27.6 Å². The molecule has 2 aromatic carbocycles. The van der Waals surface area contributed by atoms with Crippen LogP contribution in [0.2, 0.25) is 10.0 Å². The monoisotopic (exact) mass is 304 g/mol. The lowest BCUT2D eigenvalue weighted by molar-refractivity contribution is 0.101. The van der Waals surface area contributed by atoms with Crippen LogP contribution in [0.1, 0.15) is 21.7 Å². The molecule has 1 aromatic heterocycles. The van der Waals surface area contributed by atoms with Crippen LogP contribution in [-0.4, -0.2) is 5.78 Å². The Hall–Kier alpha value is -1.77. The molecule has 0 saturated carbocycles. The number of rotatable bonds is 2. The maximum Gasteiger partial charge on any atom is 0.228 e. The largest absolute Gasteiger partial charge is 0.451 e. The zero-order valence-corrected chi connectivity index (χ0v) is 12.1. The average molecular weight is 305 g/mol. The van der Waals surface area contributed by atoms with Crippen LogP contribution in [0.15, 0.2) is 46.9 Å². The number of furan rings is 1. The zero-order valence-electron chi connectivity index (χ0n) is 10.6. The zero-order chi connectivity index (χ0) is 14.3. The van der Waals surface area contributed by atoms with Crippen molar-refractivity contribution in [3.8, 4) is 0 Å². The van der Waals surface area contributed by atoms with Crippen LogP contribution in [0.4, 0.5) is 0 Å². The Bertz CT molecular complexity index is 818. The minimum atomic E-state index is -0.197. The van der Waals surface area contributed by atoms with Crippen LogP contribution in [0.25, 0.3) is 11.0 Å². The highest BCUT2D eigenvalue weighted by molar-refractivity contribution is 6.35. The highest BCUT2D eigenvalue weighted by atomic mass is 35.5. The number of hydrogen-bond acceptors (Lipinski definition) is 2. The molecule has 0 spiro atoms. The number of hydrogen-bond donors (Lipinski definition) is 0. The molecule has 0 radical (unpaired) electrons. The van der Waals surface area contributed by atoms with Crippen molar-refractivity contribution in [2.45, 2.75) is 6.92 Å². The van der Waals surface area contributed by atoms with Crippen LogP contribution in [-0.2, 0) is 0 Å². The van der Waals surface area contributed by atoms with Crippen molar-refractivity contribution in [3.63, 3.8) is 0 Å². The van der Waals surface area contributed by atoms with Gasteiger partial charge in [-0.2, -0.15) is 0 Å². The maximum absolute atomic E-state index is 12.5. The summed E-state index contributed by atoms with van der Waals surface area (Å²) < 4.78 is 5.59. The first-order valence-electron chi connectivity index (χ1n) is 6.06. The molecule has 1 heterocycles. The van der Waals surface area contributed by atoms with Gasteiger partial charge in [0, 0.05) is 16.0 Å². The number of para-hydroxylation sites is 1. The van der Waals surface area contributed by atoms with Crippen molar-refractivity contribution in [2.75, 3.05) is 0 Å². The molecule has 3 rings (SSSR count). The minimum Gasteiger partial charge on any atom is -0.451 e. The summed E-state index contributed by atoms with van der Waals surface area (Å²) in [7, 11) is 0. The molecule has 3 aromatic rings. The van der Waals surface area contributed by atoms with Crippen LogP contribution < -0.4 is 0 Å². The summed E-state index contributed by atoms with van der Waals surface area (Å²) in [5.41, 5.74) is 1.80. The third-order valence-corrected chi connectivity index (χ3v) is 3.94. The van der Waals surface area contributed by atoms with E-state index in [-0.39, 0.29) is 11.5 Å². The molecule has 0 amide bonds. The molecule has 0 fully saturated rings. The highest BCUT2D eigenvalue weighted by Gasteiger charge is 2.18. The highest BCUT2D eigenvalue weighted by Crippen LogP contribution is 2.29. The Labute approximate surface area is 125 Å². The summed E-state index contributed by atoms with van der Waals surface area (Å²) in [4.78, 5) is 12.5. The van der Waals surface area contributed by atoms with Crippen LogP contribution in [0.5, 0.6) is 0 Å². The van der Waals surface area contributed by atoms with Gasteiger partial charge < -0.3 is 4.42 Å². The molecule has 0 aliphatic heterocycles. The first-order valence-corrected chi connectivity index (χ1v) is 6.81. The van der Waals surface area contributed by atoms with E-state index < -0.39 is 0 Å². The molecule has 0 bridgehead atoms. The fourth-order valence-electron chi connectivity index (χ4n) is 2.13. The number of halogens is 2. The molecule has 0 aliphatic carbocycles. The fourth-order valence-corrected chi connectivity index (χ4v) is 2.52. The number of carbonyl (C=O) groups excluding carboxylic acids is 1. The van der Waals surface area contributed by atoms with Gasteiger partial charge in [0.1, 0.15) is 0 Å². The van der Waals surface area contributed by atoms with E-state index >= 15 is 0 Å². The molecule has 0 atom stereocenters. The Morgan fingerprint density at radius 1 is 1.05 bits per heavy atom. The van der Waals surface area contributed by atoms with Gasteiger partial charge in [0.25, 0.3) is 0 Å². The lowest BCUT2D eigenvalue weighted by Crippen LogP contribution is -2.02. The molecule has 4 heteroatoms. The summed E-state index contributed by atoms with van der Waals surface area (Å²) >= 11 is 12.1. The number of benzene rings is 2. The summed E-state index contributed by atoms with van der Waals surface area (Å²) in [6, 6.07) is 12.3. The van der Waals surface area contributed by atoms with Gasteiger partial charge in [0.05, 0.1) is 5.02 Å². The Kier molecular flexibility index (Phi) is 3.28. The molecular formula is C16H10Cl2O2. The quantitative estimate of drug-likeness (QED) is 0.603. The molecule has 100 valence electrons. The van der Waals surface area contributed by atoms with Gasteiger partial charge >= 0.3 is 0 Å². The molecule has 0 N–H and O–H groups in total. The van der Waals surface area contributed by atoms with Crippen molar-refractivity contribution in [1.29, 1.82) is 0 Å². The van der Waals surface area contributed by atoms with Crippen LogP contribution in [0, 0.1) is 6.92 Å². The Morgan fingerprint density at radius 3 is 2.50 bits per heavy atom. The van der Waals surface area contributed by atoms with Crippen LogP contribution in [0.3, 0.4) is 0 Å². The lowest BCUT2D eigenvalue weighted by Gasteiger charge is -2.04. The SMILES string of the molecule is Cc1c(Cl)cccc1C(=O)c1cc2cccc(Cl)c2o1. The fraction of sp³-hybridized carbons (Fsp3) is 0.0625. The Morgan fingerprint density at radius 2 is 1.75 bits per heavy atom. The summed E-state index contributed by atoms with van der Waals surface area (Å²) in [6.07, 6.45) is 0. The van der Waals surface area contributed by atoms with E-state index in [9.17, 15) is 4.79 Å². The van der Waals surface area contributed by atoms with Gasteiger partial charge in [-0.1, -0.05) is 47.5 Å². The summed E-state index contributed by atoms with van der Waals surface area (Å²) in [6.45, 7) is 1.81. The number of fused-ring (bicyclic) bond motifs is 1. The van der Waals surface area contributed by atoms with Gasteiger partial charge in [-0.05, 0) is 30.7 Å². The molecule has 0 unspecified atom stereocenters. The molecule has 0 aliphatic rings. The van der Waals surface area contributed by atoms with Gasteiger partial charge in [0.2, 0.25) is 5.78 Å². The second-order valence-electron chi connectivity index (χ2n) is 4.51. The topological polar surface area (TPSA) is 30.2 Å². The van der Waals surface area contributed by atoms with Gasteiger partial charge in [-0.3, -0.25) is 4.79 Å². The van der Waals surface area contributed by atoms with E-state index in [0.29, 0.717) is 21.2 Å². The first kappa shape index (κ1) is 13.2. The van der Waals surface area contributed by atoms with E-state index in [1.165, 1.54) is 0 Å². The first-order chi connectivity index (χ1) is 9.58. The third-order valence-electron chi connectivity index (χ3n) is 3.23. The molecule has 0 saturated heterocycles. The molecular weight excluding hydrogens is 295 g/mol. The molecule has 20 heavy (non-hydrogen) atoms. The normalized spacial score (nSPS) is 10.9. The van der Waals surface area contributed by atoms with Crippen molar-refractivity contribution < 1.29 is 9.21 Å². The third kappa shape index (κ3) is 2.11.